The first kappa shape index (κ1) is 11.9. The fraction of sp³-hybridized carbons (Fsp3) is 0.500. The lowest BCUT2D eigenvalue weighted by Gasteiger charge is -2.38. The normalized spacial score (nSPS) is 24.7. The van der Waals surface area contributed by atoms with Crippen molar-refractivity contribution < 1.29 is 0 Å². The molecule has 96 valence electrons. The first-order chi connectivity index (χ1) is 8.79. The zero-order chi connectivity index (χ0) is 12.5. The van der Waals surface area contributed by atoms with Gasteiger partial charge in [-0.3, -0.25) is 0 Å². The number of nitrogens with zero attached hydrogens (tertiary/aromatic N) is 2. The zero-order valence-electron chi connectivity index (χ0n) is 10.7. The van der Waals surface area contributed by atoms with E-state index in [9.17, 15) is 0 Å². The van der Waals surface area contributed by atoms with Gasteiger partial charge in [0.15, 0.2) is 0 Å². The summed E-state index contributed by atoms with van der Waals surface area (Å²) >= 11 is 1.61. The SMILES string of the molecule is CC1CCN(c2snc3ccccc23)C(CN)C1. The van der Waals surface area contributed by atoms with Crippen LogP contribution in [0.15, 0.2) is 24.3 Å². The molecule has 2 atom stereocenters. The van der Waals surface area contributed by atoms with E-state index >= 15 is 0 Å². The van der Waals surface area contributed by atoms with E-state index in [2.05, 4.69) is 34.4 Å². The fourth-order valence-electron chi connectivity index (χ4n) is 2.83. The molecule has 4 heteroatoms. The summed E-state index contributed by atoms with van der Waals surface area (Å²) in [5, 5.41) is 2.57. The Kier molecular flexibility index (Phi) is 3.22. The molecule has 3 nitrogen and oxygen atoms in total. The van der Waals surface area contributed by atoms with Crippen LogP contribution in [-0.2, 0) is 0 Å². The van der Waals surface area contributed by atoms with E-state index in [0.29, 0.717) is 6.04 Å². The van der Waals surface area contributed by atoms with Crippen LogP contribution in [0, 0.1) is 5.92 Å². The van der Waals surface area contributed by atoms with Gasteiger partial charge in [0.25, 0.3) is 0 Å². The highest BCUT2D eigenvalue weighted by Gasteiger charge is 2.27. The van der Waals surface area contributed by atoms with Crippen LogP contribution in [0.4, 0.5) is 5.00 Å². The summed E-state index contributed by atoms with van der Waals surface area (Å²) in [5.74, 6) is 0.786. The van der Waals surface area contributed by atoms with E-state index in [4.69, 9.17) is 5.73 Å². The highest BCUT2D eigenvalue weighted by Crippen LogP contribution is 2.35. The Labute approximate surface area is 112 Å². The number of aromatic nitrogens is 1. The number of hydrogen-bond acceptors (Lipinski definition) is 4. The summed E-state index contributed by atoms with van der Waals surface area (Å²) in [6.45, 7) is 4.16. The summed E-state index contributed by atoms with van der Waals surface area (Å²) in [6.07, 6.45) is 2.45. The summed E-state index contributed by atoms with van der Waals surface area (Å²) in [5.41, 5.74) is 7.05. The van der Waals surface area contributed by atoms with Gasteiger partial charge in [0.1, 0.15) is 5.00 Å². The van der Waals surface area contributed by atoms with E-state index < -0.39 is 0 Å². The maximum Gasteiger partial charge on any atom is 0.120 e. The van der Waals surface area contributed by atoms with E-state index in [0.717, 1.165) is 24.5 Å². The average molecular weight is 261 g/mol. The lowest BCUT2D eigenvalue weighted by atomic mass is 9.92. The molecular formula is C14H19N3S. The van der Waals surface area contributed by atoms with Gasteiger partial charge in [-0.2, -0.15) is 4.37 Å². The van der Waals surface area contributed by atoms with Gasteiger partial charge in [-0.1, -0.05) is 19.1 Å². The molecule has 0 bridgehead atoms. The van der Waals surface area contributed by atoms with Gasteiger partial charge in [0.2, 0.25) is 0 Å². The monoisotopic (exact) mass is 261 g/mol. The van der Waals surface area contributed by atoms with Gasteiger partial charge < -0.3 is 10.6 Å². The Morgan fingerprint density at radius 1 is 1.44 bits per heavy atom. The lowest BCUT2D eigenvalue weighted by Crippen LogP contribution is -2.46. The number of hydrogen-bond donors (Lipinski definition) is 1. The van der Waals surface area contributed by atoms with Crippen LogP contribution in [0.3, 0.4) is 0 Å². The van der Waals surface area contributed by atoms with E-state index in [1.54, 1.807) is 11.5 Å². The minimum absolute atomic E-state index is 0.470. The number of fused-ring (bicyclic) bond motifs is 1. The molecule has 0 radical (unpaired) electrons. The van der Waals surface area contributed by atoms with Crippen molar-refractivity contribution in [2.24, 2.45) is 11.7 Å². The molecule has 3 rings (SSSR count). The number of piperidine rings is 1. The van der Waals surface area contributed by atoms with Gasteiger partial charge >= 0.3 is 0 Å². The van der Waals surface area contributed by atoms with Gasteiger partial charge in [-0.25, -0.2) is 0 Å². The quantitative estimate of drug-likeness (QED) is 0.904. The topological polar surface area (TPSA) is 42.2 Å². The van der Waals surface area contributed by atoms with Crippen LogP contribution >= 0.6 is 11.5 Å². The van der Waals surface area contributed by atoms with Gasteiger partial charge in [-0.15, -0.1) is 0 Å². The third-order valence-corrected chi connectivity index (χ3v) is 4.79. The van der Waals surface area contributed by atoms with Crippen LogP contribution in [0.2, 0.25) is 0 Å². The van der Waals surface area contributed by atoms with Crippen LogP contribution in [0.1, 0.15) is 19.8 Å². The van der Waals surface area contributed by atoms with Gasteiger partial charge in [-0.05, 0) is 42.4 Å². The molecule has 1 saturated heterocycles. The van der Waals surface area contributed by atoms with Crippen molar-refractivity contribution in [2.45, 2.75) is 25.8 Å². The lowest BCUT2D eigenvalue weighted by molar-refractivity contribution is 0.368. The highest BCUT2D eigenvalue weighted by molar-refractivity contribution is 7.11. The summed E-state index contributed by atoms with van der Waals surface area (Å²) in [4.78, 5) is 2.47. The molecule has 1 aromatic heterocycles. The fourth-order valence-corrected chi connectivity index (χ4v) is 3.79. The molecular weight excluding hydrogens is 242 g/mol. The van der Waals surface area contributed by atoms with Crippen LogP contribution in [0.25, 0.3) is 10.9 Å². The second-order valence-corrected chi connectivity index (χ2v) is 5.97. The Balaban J connectivity index is 1.98. The molecule has 2 N–H and O–H groups in total. The predicted octanol–water partition coefficient (Wildman–Crippen LogP) is 2.86. The molecule has 2 heterocycles. The maximum atomic E-state index is 5.95. The van der Waals surface area contributed by atoms with Crippen molar-refractivity contribution in [1.29, 1.82) is 0 Å². The Hall–Kier alpha value is -1.13. The average Bonchev–Trinajstić information content (AvgIpc) is 2.82. The Bertz CT molecular complexity index is 537. The summed E-state index contributed by atoms with van der Waals surface area (Å²) < 4.78 is 4.54. The van der Waals surface area contributed by atoms with E-state index in [1.165, 1.54) is 23.2 Å². The van der Waals surface area contributed by atoms with Crippen molar-refractivity contribution in [3.8, 4) is 0 Å². The molecule has 0 spiro atoms. The molecule has 2 unspecified atom stereocenters. The molecule has 0 amide bonds. The first-order valence-corrected chi connectivity index (χ1v) is 7.38. The molecule has 1 fully saturated rings. The third-order valence-electron chi connectivity index (χ3n) is 3.88. The molecule has 2 aromatic rings. The number of rotatable bonds is 2. The second-order valence-electron chi connectivity index (χ2n) is 5.22. The number of nitrogens with two attached hydrogens (primary N) is 1. The smallest absolute Gasteiger partial charge is 0.120 e. The van der Waals surface area contributed by atoms with Gasteiger partial charge in [0, 0.05) is 24.5 Å². The van der Waals surface area contributed by atoms with E-state index in [1.807, 2.05) is 6.07 Å². The van der Waals surface area contributed by atoms with Crippen molar-refractivity contribution in [1.82, 2.24) is 4.37 Å². The molecule has 18 heavy (non-hydrogen) atoms. The predicted molar refractivity (Wildman–Crippen MR) is 78.2 cm³/mol. The molecule has 1 aliphatic heterocycles. The molecule has 1 aromatic carbocycles. The van der Waals surface area contributed by atoms with Crippen molar-refractivity contribution in [3.05, 3.63) is 24.3 Å². The van der Waals surface area contributed by atoms with Crippen LogP contribution < -0.4 is 10.6 Å². The Morgan fingerprint density at radius 3 is 3.11 bits per heavy atom. The van der Waals surface area contributed by atoms with Crippen molar-refractivity contribution in [3.63, 3.8) is 0 Å². The Morgan fingerprint density at radius 2 is 2.28 bits per heavy atom. The maximum absolute atomic E-state index is 5.95. The molecule has 0 saturated carbocycles. The van der Waals surface area contributed by atoms with Crippen molar-refractivity contribution >= 4 is 27.4 Å². The first-order valence-electron chi connectivity index (χ1n) is 6.60. The van der Waals surface area contributed by atoms with Crippen LogP contribution in [-0.4, -0.2) is 23.5 Å². The number of benzene rings is 1. The standard InChI is InChI=1S/C14H19N3S/c1-10-6-7-17(11(8-10)9-15)14-12-4-2-3-5-13(12)16-18-14/h2-5,10-11H,6-9,15H2,1H3. The highest BCUT2D eigenvalue weighted by atomic mass is 32.1. The van der Waals surface area contributed by atoms with E-state index in [-0.39, 0.29) is 0 Å². The summed E-state index contributed by atoms with van der Waals surface area (Å²) in [6, 6.07) is 8.85. The summed E-state index contributed by atoms with van der Waals surface area (Å²) in [7, 11) is 0. The third kappa shape index (κ3) is 1.99. The van der Waals surface area contributed by atoms with Crippen molar-refractivity contribution in [2.75, 3.05) is 18.0 Å². The molecule has 0 aliphatic carbocycles. The van der Waals surface area contributed by atoms with Crippen LogP contribution in [0.5, 0.6) is 0 Å². The molecule has 1 aliphatic rings. The second kappa shape index (κ2) is 4.86. The minimum Gasteiger partial charge on any atom is -0.357 e. The largest absolute Gasteiger partial charge is 0.357 e. The number of anilines is 1. The minimum atomic E-state index is 0.470. The zero-order valence-corrected chi connectivity index (χ0v) is 11.5. The van der Waals surface area contributed by atoms with Gasteiger partial charge in [0.05, 0.1) is 5.52 Å².